The van der Waals surface area contributed by atoms with Crippen LogP contribution in [0.5, 0.6) is 0 Å². The van der Waals surface area contributed by atoms with Crippen LogP contribution in [0.3, 0.4) is 0 Å². The van der Waals surface area contributed by atoms with Gasteiger partial charge in [0.2, 0.25) is 5.95 Å². The first-order valence-electron chi connectivity index (χ1n) is 8.10. The molecule has 1 aromatic heterocycles. The second kappa shape index (κ2) is 7.71. The van der Waals surface area contributed by atoms with Crippen LogP contribution in [-0.2, 0) is 6.42 Å². The normalized spacial score (nSPS) is 16.5. The number of likely N-dealkylation sites (N-methyl/N-ethyl adjacent to an activating group) is 1. The molecule has 0 amide bonds. The van der Waals surface area contributed by atoms with E-state index in [4.69, 9.17) is 9.97 Å². The highest BCUT2D eigenvalue weighted by molar-refractivity contribution is 5.37. The van der Waals surface area contributed by atoms with Gasteiger partial charge in [-0.15, -0.1) is 0 Å². The van der Waals surface area contributed by atoms with Crippen molar-refractivity contribution in [3.8, 4) is 0 Å². The molecule has 0 unspecified atom stereocenters. The Labute approximate surface area is 128 Å². The Morgan fingerprint density at radius 2 is 1.62 bits per heavy atom. The van der Waals surface area contributed by atoms with Crippen LogP contribution in [-0.4, -0.2) is 61.2 Å². The molecule has 1 aliphatic rings. The van der Waals surface area contributed by atoms with Crippen LogP contribution in [0.4, 0.5) is 5.95 Å². The van der Waals surface area contributed by atoms with Crippen molar-refractivity contribution in [3.05, 3.63) is 17.0 Å². The predicted molar refractivity (Wildman–Crippen MR) is 88.1 cm³/mol. The lowest BCUT2D eigenvalue weighted by molar-refractivity contribution is 0.311. The minimum absolute atomic E-state index is 0.906. The van der Waals surface area contributed by atoms with Crippen molar-refractivity contribution in [3.63, 3.8) is 0 Å². The summed E-state index contributed by atoms with van der Waals surface area (Å²) in [5.41, 5.74) is 3.57. The summed E-state index contributed by atoms with van der Waals surface area (Å²) < 4.78 is 0. The molecule has 0 aromatic carbocycles. The molecule has 0 spiro atoms. The Bertz CT molecular complexity index is 429. The fourth-order valence-corrected chi connectivity index (χ4v) is 2.75. The average Bonchev–Trinajstić information content (AvgIpc) is 2.46. The molecule has 1 aromatic rings. The lowest BCUT2D eigenvalue weighted by Gasteiger charge is -2.32. The predicted octanol–water partition coefficient (Wildman–Crippen LogP) is 1.39. The van der Waals surface area contributed by atoms with Crippen LogP contribution in [0.25, 0.3) is 0 Å². The molecule has 0 radical (unpaired) electrons. The van der Waals surface area contributed by atoms with E-state index >= 15 is 0 Å². The number of hydrogen-bond acceptors (Lipinski definition) is 5. The molecule has 1 fully saturated rings. The Morgan fingerprint density at radius 1 is 1.00 bits per heavy atom. The van der Waals surface area contributed by atoms with Gasteiger partial charge in [-0.2, -0.15) is 0 Å². The second-order valence-electron chi connectivity index (χ2n) is 5.96. The van der Waals surface area contributed by atoms with Gasteiger partial charge >= 0.3 is 0 Å². The number of rotatable bonds is 6. The number of anilines is 1. The molecule has 5 heteroatoms. The quantitative estimate of drug-likeness (QED) is 0.802. The highest BCUT2D eigenvalue weighted by atomic mass is 15.3. The highest BCUT2D eigenvalue weighted by Crippen LogP contribution is 2.17. The number of aromatic nitrogens is 2. The van der Waals surface area contributed by atoms with Gasteiger partial charge in [-0.1, -0.05) is 6.92 Å². The molecule has 1 aliphatic heterocycles. The standard InChI is InChI=1S/C16H29N5/c1-5-7-17-8-6-15-13(2)18-16(19-14(15)3)21-11-9-20(4)10-12-21/h17H,5-12H2,1-4H3. The SMILES string of the molecule is CCCNCCc1c(C)nc(N2CCN(C)CC2)nc1C. The summed E-state index contributed by atoms with van der Waals surface area (Å²) >= 11 is 0. The maximum absolute atomic E-state index is 4.75. The largest absolute Gasteiger partial charge is 0.338 e. The van der Waals surface area contributed by atoms with E-state index in [1.807, 2.05) is 0 Å². The van der Waals surface area contributed by atoms with Crippen molar-refractivity contribution in [1.29, 1.82) is 0 Å². The van der Waals surface area contributed by atoms with Gasteiger partial charge in [-0.25, -0.2) is 9.97 Å². The summed E-state index contributed by atoms with van der Waals surface area (Å²) in [4.78, 5) is 14.2. The third-order valence-electron chi connectivity index (χ3n) is 4.17. The van der Waals surface area contributed by atoms with E-state index in [-0.39, 0.29) is 0 Å². The zero-order valence-corrected chi connectivity index (χ0v) is 13.9. The van der Waals surface area contributed by atoms with Gasteiger partial charge < -0.3 is 15.1 Å². The van der Waals surface area contributed by atoms with E-state index in [0.29, 0.717) is 0 Å². The van der Waals surface area contributed by atoms with Crippen LogP contribution in [0.1, 0.15) is 30.3 Å². The van der Waals surface area contributed by atoms with E-state index in [2.05, 4.69) is 42.9 Å². The lowest BCUT2D eigenvalue weighted by Crippen LogP contribution is -2.45. The average molecular weight is 291 g/mol. The monoisotopic (exact) mass is 291 g/mol. The Morgan fingerprint density at radius 3 is 2.19 bits per heavy atom. The van der Waals surface area contributed by atoms with Crippen LogP contribution in [0, 0.1) is 13.8 Å². The maximum atomic E-state index is 4.75. The lowest BCUT2D eigenvalue weighted by atomic mass is 10.1. The molecule has 1 N–H and O–H groups in total. The first-order valence-corrected chi connectivity index (χ1v) is 8.10. The Hall–Kier alpha value is -1.20. The van der Waals surface area contributed by atoms with Gasteiger partial charge in [0.15, 0.2) is 0 Å². The third kappa shape index (κ3) is 4.38. The third-order valence-corrected chi connectivity index (χ3v) is 4.17. The van der Waals surface area contributed by atoms with Crippen LogP contribution >= 0.6 is 0 Å². The number of hydrogen-bond donors (Lipinski definition) is 1. The molecule has 1 saturated heterocycles. The molecule has 2 heterocycles. The highest BCUT2D eigenvalue weighted by Gasteiger charge is 2.18. The van der Waals surface area contributed by atoms with Crippen LogP contribution in [0.2, 0.25) is 0 Å². The zero-order chi connectivity index (χ0) is 15.2. The molecule has 2 rings (SSSR count). The minimum Gasteiger partial charge on any atom is -0.338 e. The molecule has 118 valence electrons. The summed E-state index contributed by atoms with van der Waals surface area (Å²) in [5.74, 6) is 0.906. The van der Waals surface area contributed by atoms with Crippen molar-refractivity contribution < 1.29 is 0 Å². The van der Waals surface area contributed by atoms with E-state index < -0.39 is 0 Å². The second-order valence-corrected chi connectivity index (χ2v) is 5.96. The van der Waals surface area contributed by atoms with E-state index in [1.165, 1.54) is 12.0 Å². The topological polar surface area (TPSA) is 44.3 Å². The first-order chi connectivity index (χ1) is 10.1. The van der Waals surface area contributed by atoms with Crippen molar-refractivity contribution >= 4 is 5.95 Å². The summed E-state index contributed by atoms with van der Waals surface area (Å²) in [6.07, 6.45) is 2.19. The molecular formula is C16H29N5. The Kier molecular flexibility index (Phi) is 5.94. The zero-order valence-electron chi connectivity index (χ0n) is 13.9. The number of piperazine rings is 1. The Balaban J connectivity index is 2.02. The molecule has 21 heavy (non-hydrogen) atoms. The molecule has 0 aliphatic carbocycles. The smallest absolute Gasteiger partial charge is 0.225 e. The number of nitrogens with one attached hydrogen (secondary N) is 1. The van der Waals surface area contributed by atoms with Gasteiger partial charge in [0.25, 0.3) is 0 Å². The number of nitrogens with zero attached hydrogens (tertiary/aromatic N) is 4. The van der Waals surface area contributed by atoms with Gasteiger partial charge in [-0.05, 0) is 52.4 Å². The molecular weight excluding hydrogens is 262 g/mol. The van der Waals surface area contributed by atoms with Gasteiger partial charge in [-0.3, -0.25) is 0 Å². The van der Waals surface area contributed by atoms with Crippen molar-refractivity contribution in [2.24, 2.45) is 0 Å². The minimum atomic E-state index is 0.906. The molecule has 0 atom stereocenters. The van der Waals surface area contributed by atoms with Crippen molar-refractivity contribution in [2.45, 2.75) is 33.6 Å². The van der Waals surface area contributed by atoms with Crippen molar-refractivity contribution in [2.75, 3.05) is 51.2 Å². The number of aryl methyl sites for hydroxylation is 2. The van der Waals surface area contributed by atoms with E-state index in [9.17, 15) is 0 Å². The fraction of sp³-hybridized carbons (Fsp3) is 0.750. The fourth-order valence-electron chi connectivity index (χ4n) is 2.75. The van der Waals surface area contributed by atoms with Crippen LogP contribution < -0.4 is 10.2 Å². The van der Waals surface area contributed by atoms with Crippen LogP contribution in [0.15, 0.2) is 0 Å². The summed E-state index contributed by atoms with van der Waals surface area (Å²) in [6.45, 7) is 12.7. The first kappa shape index (κ1) is 16.2. The molecule has 0 saturated carbocycles. The van der Waals surface area contributed by atoms with Gasteiger partial charge in [0.05, 0.1) is 0 Å². The molecule has 5 nitrogen and oxygen atoms in total. The molecule has 0 bridgehead atoms. The summed E-state index contributed by atoms with van der Waals surface area (Å²) in [7, 11) is 2.17. The van der Waals surface area contributed by atoms with Crippen molar-refractivity contribution in [1.82, 2.24) is 20.2 Å². The maximum Gasteiger partial charge on any atom is 0.225 e. The summed E-state index contributed by atoms with van der Waals surface area (Å²) in [6, 6.07) is 0. The van der Waals surface area contributed by atoms with E-state index in [1.54, 1.807) is 0 Å². The van der Waals surface area contributed by atoms with Gasteiger partial charge in [0.1, 0.15) is 0 Å². The summed E-state index contributed by atoms with van der Waals surface area (Å²) in [5, 5.41) is 3.45. The van der Waals surface area contributed by atoms with Gasteiger partial charge in [0, 0.05) is 37.6 Å². The van der Waals surface area contributed by atoms with E-state index in [0.717, 1.165) is 63.0 Å².